The van der Waals surface area contributed by atoms with Crippen LogP contribution >= 0.6 is 0 Å². The number of nitrogens with zero attached hydrogens (tertiary/aromatic N) is 2. The summed E-state index contributed by atoms with van der Waals surface area (Å²) in [5, 5.41) is 3.20. The molecule has 0 aromatic heterocycles. The van der Waals surface area contributed by atoms with Gasteiger partial charge in [-0.1, -0.05) is 0 Å². The Bertz CT molecular complexity index is 216. The minimum Gasteiger partial charge on any atom is -0.342 e. The summed E-state index contributed by atoms with van der Waals surface area (Å²) in [6.07, 6.45) is 2.43. The molecule has 1 unspecified atom stereocenters. The summed E-state index contributed by atoms with van der Waals surface area (Å²) in [6.45, 7) is 8.37. The maximum absolute atomic E-state index is 12.0. The summed E-state index contributed by atoms with van der Waals surface area (Å²) in [7, 11) is 1.97. The van der Waals surface area contributed by atoms with Crippen molar-refractivity contribution in [3.05, 3.63) is 0 Å². The molecule has 0 aliphatic carbocycles. The molecule has 1 aliphatic heterocycles. The highest BCUT2D eigenvalue weighted by atomic mass is 16.2. The molecule has 0 radical (unpaired) electrons. The lowest BCUT2D eigenvalue weighted by atomic mass is 10.2. The van der Waals surface area contributed by atoms with Gasteiger partial charge in [0.15, 0.2) is 0 Å². The average molecular weight is 227 g/mol. The molecular weight excluding hydrogens is 202 g/mol. The molecule has 1 fully saturated rings. The van der Waals surface area contributed by atoms with Crippen molar-refractivity contribution in [3.8, 4) is 0 Å². The molecule has 0 saturated carbocycles. The largest absolute Gasteiger partial charge is 0.342 e. The van der Waals surface area contributed by atoms with Crippen LogP contribution in [0.3, 0.4) is 0 Å². The highest BCUT2D eigenvalue weighted by molar-refractivity contribution is 5.78. The van der Waals surface area contributed by atoms with Crippen LogP contribution in [0, 0.1) is 0 Å². The zero-order chi connectivity index (χ0) is 12.0. The van der Waals surface area contributed by atoms with E-state index < -0.39 is 0 Å². The van der Waals surface area contributed by atoms with Gasteiger partial charge in [-0.15, -0.1) is 0 Å². The third kappa shape index (κ3) is 3.46. The van der Waals surface area contributed by atoms with Crippen LogP contribution in [0.2, 0.25) is 0 Å². The van der Waals surface area contributed by atoms with E-state index in [1.807, 2.05) is 25.8 Å². The summed E-state index contributed by atoms with van der Waals surface area (Å²) >= 11 is 0. The van der Waals surface area contributed by atoms with Crippen molar-refractivity contribution in [2.45, 2.75) is 32.7 Å². The number of nitrogens with one attached hydrogen (secondary N) is 1. The molecule has 1 aliphatic rings. The number of hydrogen-bond donors (Lipinski definition) is 1. The van der Waals surface area contributed by atoms with Crippen LogP contribution in [-0.2, 0) is 4.79 Å². The maximum atomic E-state index is 12.0. The summed E-state index contributed by atoms with van der Waals surface area (Å²) in [6, 6.07) is 0.546. The van der Waals surface area contributed by atoms with Crippen molar-refractivity contribution >= 4 is 5.91 Å². The van der Waals surface area contributed by atoms with Crippen LogP contribution in [0.15, 0.2) is 0 Å². The van der Waals surface area contributed by atoms with Crippen molar-refractivity contribution in [1.82, 2.24) is 15.1 Å². The Morgan fingerprint density at radius 2 is 2.12 bits per heavy atom. The number of hydrogen-bond acceptors (Lipinski definition) is 3. The first-order valence-electron chi connectivity index (χ1n) is 6.39. The van der Waals surface area contributed by atoms with Gasteiger partial charge in [0.2, 0.25) is 5.91 Å². The molecular formula is C12H25N3O. The Hall–Kier alpha value is -0.610. The van der Waals surface area contributed by atoms with E-state index in [4.69, 9.17) is 0 Å². The number of carbonyl (C=O) groups excluding carboxylic acids is 1. The minimum atomic E-state index is 0.271. The van der Waals surface area contributed by atoms with Gasteiger partial charge in [0, 0.05) is 25.7 Å². The van der Waals surface area contributed by atoms with E-state index in [0.29, 0.717) is 12.6 Å². The second-order valence-electron chi connectivity index (χ2n) is 4.39. The van der Waals surface area contributed by atoms with Crippen LogP contribution in [0.4, 0.5) is 0 Å². The lowest BCUT2D eigenvalue weighted by molar-refractivity contribution is -0.132. The molecule has 1 amide bonds. The smallest absolute Gasteiger partial charge is 0.236 e. The van der Waals surface area contributed by atoms with E-state index in [1.165, 1.54) is 12.8 Å². The van der Waals surface area contributed by atoms with Crippen molar-refractivity contribution in [2.24, 2.45) is 0 Å². The molecule has 1 saturated heterocycles. The predicted molar refractivity (Wildman–Crippen MR) is 66.4 cm³/mol. The van der Waals surface area contributed by atoms with Crippen LogP contribution < -0.4 is 5.32 Å². The molecule has 1 N–H and O–H groups in total. The van der Waals surface area contributed by atoms with Crippen molar-refractivity contribution in [3.63, 3.8) is 0 Å². The molecule has 0 aromatic carbocycles. The topological polar surface area (TPSA) is 35.6 Å². The standard InChI is InChI=1S/C12H25N3O/c1-4-14(5-2)12(16)10-15-8-6-7-11(15)9-13-3/h11,13H,4-10H2,1-3H3. The summed E-state index contributed by atoms with van der Waals surface area (Å²) in [5.74, 6) is 0.271. The molecule has 1 atom stereocenters. The van der Waals surface area contributed by atoms with Gasteiger partial charge in [-0.25, -0.2) is 0 Å². The number of likely N-dealkylation sites (tertiary alicyclic amines) is 1. The lowest BCUT2D eigenvalue weighted by Gasteiger charge is -2.27. The molecule has 16 heavy (non-hydrogen) atoms. The van der Waals surface area contributed by atoms with Gasteiger partial charge < -0.3 is 10.2 Å². The number of likely N-dealkylation sites (N-methyl/N-ethyl adjacent to an activating group) is 2. The predicted octanol–water partition coefficient (Wildman–Crippen LogP) is 0.539. The molecule has 0 spiro atoms. The first kappa shape index (κ1) is 13.5. The van der Waals surface area contributed by atoms with Gasteiger partial charge >= 0.3 is 0 Å². The third-order valence-electron chi connectivity index (χ3n) is 3.39. The van der Waals surface area contributed by atoms with E-state index in [-0.39, 0.29) is 5.91 Å². The lowest BCUT2D eigenvalue weighted by Crippen LogP contribution is -2.44. The summed E-state index contributed by atoms with van der Waals surface area (Å²) in [5.41, 5.74) is 0. The Kier molecular flexibility index (Phi) is 5.77. The fourth-order valence-corrected chi connectivity index (χ4v) is 2.42. The number of amides is 1. The number of carbonyl (C=O) groups is 1. The summed E-state index contributed by atoms with van der Waals surface area (Å²) in [4.78, 5) is 16.2. The van der Waals surface area contributed by atoms with E-state index >= 15 is 0 Å². The maximum Gasteiger partial charge on any atom is 0.236 e. The SMILES string of the molecule is CCN(CC)C(=O)CN1CCCC1CNC. The van der Waals surface area contributed by atoms with Gasteiger partial charge in [0.25, 0.3) is 0 Å². The second-order valence-corrected chi connectivity index (χ2v) is 4.39. The highest BCUT2D eigenvalue weighted by Gasteiger charge is 2.26. The molecule has 1 rings (SSSR count). The Labute approximate surface area is 99.0 Å². The zero-order valence-corrected chi connectivity index (χ0v) is 10.8. The van der Waals surface area contributed by atoms with E-state index in [0.717, 1.165) is 26.2 Å². The monoisotopic (exact) mass is 227 g/mol. The molecule has 94 valence electrons. The molecule has 1 heterocycles. The quantitative estimate of drug-likeness (QED) is 0.719. The van der Waals surface area contributed by atoms with Gasteiger partial charge in [-0.2, -0.15) is 0 Å². The Morgan fingerprint density at radius 1 is 1.44 bits per heavy atom. The molecule has 0 bridgehead atoms. The first-order chi connectivity index (χ1) is 7.72. The van der Waals surface area contributed by atoms with Crippen LogP contribution in [-0.4, -0.2) is 61.5 Å². The molecule has 0 aromatic rings. The van der Waals surface area contributed by atoms with E-state index in [9.17, 15) is 4.79 Å². The van der Waals surface area contributed by atoms with Crippen molar-refractivity contribution in [2.75, 3.05) is 39.8 Å². The zero-order valence-electron chi connectivity index (χ0n) is 10.8. The Morgan fingerprint density at radius 3 is 2.69 bits per heavy atom. The van der Waals surface area contributed by atoms with Crippen molar-refractivity contribution in [1.29, 1.82) is 0 Å². The van der Waals surface area contributed by atoms with Crippen LogP contribution in [0.25, 0.3) is 0 Å². The van der Waals surface area contributed by atoms with Gasteiger partial charge in [0.05, 0.1) is 6.54 Å². The second kappa shape index (κ2) is 6.86. The van der Waals surface area contributed by atoms with Gasteiger partial charge in [-0.05, 0) is 40.3 Å². The fraction of sp³-hybridized carbons (Fsp3) is 0.917. The van der Waals surface area contributed by atoms with Crippen LogP contribution in [0.5, 0.6) is 0 Å². The summed E-state index contributed by atoms with van der Waals surface area (Å²) < 4.78 is 0. The fourth-order valence-electron chi connectivity index (χ4n) is 2.42. The van der Waals surface area contributed by atoms with Crippen LogP contribution in [0.1, 0.15) is 26.7 Å². The highest BCUT2D eigenvalue weighted by Crippen LogP contribution is 2.16. The normalized spacial score (nSPS) is 21.3. The first-order valence-corrected chi connectivity index (χ1v) is 6.39. The van der Waals surface area contributed by atoms with E-state index in [2.05, 4.69) is 10.2 Å². The van der Waals surface area contributed by atoms with Gasteiger partial charge in [0.1, 0.15) is 0 Å². The van der Waals surface area contributed by atoms with Crippen molar-refractivity contribution < 1.29 is 4.79 Å². The minimum absolute atomic E-state index is 0.271. The third-order valence-corrected chi connectivity index (χ3v) is 3.39. The molecule has 4 heteroatoms. The molecule has 4 nitrogen and oxygen atoms in total. The van der Waals surface area contributed by atoms with E-state index in [1.54, 1.807) is 0 Å². The van der Waals surface area contributed by atoms with Gasteiger partial charge in [-0.3, -0.25) is 9.69 Å². The Balaban J connectivity index is 2.43. The average Bonchev–Trinajstić information content (AvgIpc) is 2.68. The number of rotatable bonds is 6.